The van der Waals surface area contributed by atoms with Crippen molar-refractivity contribution >= 4 is 5.91 Å². The number of ether oxygens (including phenoxy) is 1. The van der Waals surface area contributed by atoms with Crippen molar-refractivity contribution in [1.29, 1.82) is 0 Å². The molecule has 4 heteroatoms. The molecule has 1 aromatic carbocycles. The molecule has 0 heterocycles. The van der Waals surface area contributed by atoms with Crippen LogP contribution >= 0.6 is 0 Å². The van der Waals surface area contributed by atoms with Crippen LogP contribution in [0.15, 0.2) is 18.2 Å². The number of amides is 1. The van der Waals surface area contributed by atoms with Gasteiger partial charge in [0.2, 0.25) is 0 Å². The van der Waals surface area contributed by atoms with Crippen molar-refractivity contribution < 1.29 is 9.53 Å². The van der Waals surface area contributed by atoms with Crippen molar-refractivity contribution in [2.24, 2.45) is 5.73 Å². The van der Waals surface area contributed by atoms with E-state index in [0.29, 0.717) is 0 Å². The Kier molecular flexibility index (Phi) is 5.16. The first-order chi connectivity index (χ1) is 8.41. The maximum Gasteiger partial charge on any atom is 0.259 e. The first-order valence-electron chi connectivity index (χ1n) is 6.09. The molecule has 0 fully saturated rings. The summed E-state index contributed by atoms with van der Waals surface area (Å²) in [6, 6.07) is 6.01. The van der Waals surface area contributed by atoms with Crippen molar-refractivity contribution in [3.05, 3.63) is 29.3 Å². The standard InChI is InChI=1S/C14H22N2O2/c1-10-6-5-7-12(8-11(2)15)14(10)18-9-13(17)16(3)4/h5-7,11H,8-9,15H2,1-4H3. The van der Waals surface area contributed by atoms with E-state index in [1.165, 1.54) is 4.90 Å². The van der Waals surface area contributed by atoms with Crippen LogP contribution in [0.1, 0.15) is 18.1 Å². The smallest absolute Gasteiger partial charge is 0.259 e. The molecule has 1 unspecified atom stereocenters. The van der Waals surface area contributed by atoms with Crippen LogP contribution in [0.4, 0.5) is 0 Å². The fourth-order valence-electron chi connectivity index (χ4n) is 1.69. The molecule has 0 radical (unpaired) electrons. The van der Waals surface area contributed by atoms with Crippen molar-refractivity contribution in [2.45, 2.75) is 26.3 Å². The van der Waals surface area contributed by atoms with E-state index in [1.54, 1.807) is 14.1 Å². The van der Waals surface area contributed by atoms with Crippen molar-refractivity contribution in [3.63, 3.8) is 0 Å². The summed E-state index contributed by atoms with van der Waals surface area (Å²) in [5.41, 5.74) is 7.90. The zero-order valence-corrected chi connectivity index (χ0v) is 11.6. The number of nitrogens with zero attached hydrogens (tertiary/aromatic N) is 1. The number of carbonyl (C=O) groups excluding carboxylic acids is 1. The Balaban J connectivity index is 2.82. The molecule has 4 nitrogen and oxygen atoms in total. The van der Waals surface area contributed by atoms with Gasteiger partial charge in [-0.2, -0.15) is 0 Å². The predicted octanol–water partition coefficient (Wildman–Crippen LogP) is 1.35. The lowest BCUT2D eigenvalue weighted by atomic mass is 10.0. The number of rotatable bonds is 5. The van der Waals surface area contributed by atoms with Gasteiger partial charge in [0.1, 0.15) is 5.75 Å². The second kappa shape index (κ2) is 6.40. The molecular formula is C14H22N2O2. The maximum absolute atomic E-state index is 11.5. The minimum Gasteiger partial charge on any atom is -0.483 e. The van der Waals surface area contributed by atoms with E-state index in [4.69, 9.17) is 10.5 Å². The Morgan fingerprint density at radius 3 is 2.67 bits per heavy atom. The van der Waals surface area contributed by atoms with Crippen LogP contribution in [-0.4, -0.2) is 37.6 Å². The van der Waals surface area contributed by atoms with Crippen LogP contribution in [0.3, 0.4) is 0 Å². The molecule has 1 atom stereocenters. The normalized spacial score (nSPS) is 12.1. The molecule has 1 aromatic rings. The molecule has 0 saturated carbocycles. The number of aryl methyl sites for hydroxylation is 1. The second-order valence-corrected chi connectivity index (χ2v) is 4.82. The van der Waals surface area contributed by atoms with Gasteiger partial charge in [0.15, 0.2) is 6.61 Å². The number of hydrogen-bond acceptors (Lipinski definition) is 3. The van der Waals surface area contributed by atoms with Crippen molar-refractivity contribution in [1.82, 2.24) is 4.90 Å². The molecule has 0 aliphatic heterocycles. The number of likely N-dealkylation sites (N-methyl/N-ethyl adjacent to an activating group) is 1. The van der Waals surface area contributed by atoms with Gasteiger partial charge in [-0.25, -0.2) is 0 Å². The molecule has 0 aromatic heterocycles. The number of benzene rings is 1. The first kappa shape index (κ1) is 14.5. The third kappa shape index (κ3) is 4.04. The monoisotopic (exact) mass is 250 g/mol. The predicted molar refractivity (Wildman–Crippen MR) is 72.7 cm³/mol. The zero-order chi connectivity index (χ0) is 13.7. The van der Waals surface area contributed by atoms with Gasteiger partial charge < -0.3 is 15.4 Å². The number of hydrogen-bond donors (Lipinski definition) is 1. The first-order valence-corrected chi connectivity index (χ1v) is 6.09. The van der Waals surface area contributed by atoms with Crippen LogP contribution < -0.4 is 10.5 Å². The Labute approximate surface area is 109 Å². The van der Waals surface area contributed by atoms with Gasteiger partial charge in [0, 0.05) is 20.1 Å². The SMILES string of the molecule is Cc1cccc(CC(C)N)c1OCC(=O)N(C)C. The Bertz CT molecular complexity index is 414. The molecule has 0 bridgehead atoms. The molecule has 100 valence electrons. The fraction of sp³-hybridized carbons (Fsp3) is 0.500. The highest BCUT2D eigenvalue weighted by atomic mass is 16.5. The van der Waals surface area contributed by atoms with Gasteiger partial charge in [-0.05, 0) is 31.4 Å². The van der Waals surface area contributed by atoms with Gasteiger partial charge in [-0.15, -0.1) is 0 Å². The van der Waals surface area contributed by atoms with Gasteiger partial charge in [0.25, 0.3) is 5.91 Å². The Hall–Kier alpha value is -1.55. The highest BCUT2D eigenvalue weighted by Gasteiger charge is 2.11. The van der Waals surface area contributed by atoms with Crippen LogP contribution in [0, 0.1) is 6.92 Å². The Morgan fingerprint density at radius 2 is 2.11 bits per heavy atom. The lowest BCUT2D eigenvalue weighted by Crippen LogP contribution is -2.28. The topological polar surface area (TPSA) is 55.6 Å². The largest absolute Gasteiger partial charge is 0.483 e. The molecule has 18 heavy (non-hydrogen) atoms. The highest BCUT2D eigenvalue weighted by Crippen LogP contribution is 2.24. The summed E-state index contributed by atoms with van der Waals surface area (Å²) < 4.78 is 5.65. The molecule has 0 aliphatic rings. The minimum atomic E-state index is -0.0509. The van der Waals surface area contributed by atoms with E-state index in [1.807, 2.05) is 32.0 Å². The summed E-state index contributed by atoms with van der Waals surface area (Å²) in [5.74, 6) is 0.731. The summed E-state index contributed by atoms with van der Waals surface area (Å²) in [6.45, 7) is 3.99. The second-order valence-electron chi connectivity index (χ2n) is 4.82. The van der Waals surface area contributed by atoms with E-state index < -0.39 is 0 Å². The molecule has 0 aliphatic carbocycles. The van der Waals surface area contributed by atoms with Crippen molar-refractivity contribution in [3.8, 4) is 5.75 Å². The summed E-state index contributed by atoms with van der Waals surface area (Å²) in [4.78, 5) is 13.1. The summed E-state index contributed by atoms with van der Waals surface area (Å²) in [5, 5.41) is 0. The van der Waals surface area contributed by atoms with E-state index in [2.05, 4.69) is 0 Å². The third-order valence-electron chi connectivity index (χ3n) is 2.67. The van der Waals surface area contributed by atoms with E-state index >= 15 is 0 Å². The van der Waals surface area contributed by atoms with Gasteiger partial charge in [-0.1, -0.05) is 18.2 Å². The Morgan fingerprint density at radius 1 is 1.44 bits per heavy atom. The lowest BCUT2D eigenvalue weighted by molar-refractivity contribution is -0.130. The van der Waals surface area contributed by atoms with Gasteiger partial charge in [0.05, 0.1) is 0 Å². The molecule has 1 amide bonds. The third-order valence-corrected chi connectivity index (χ3v) is 2.67. The molecule has 0 spiro atoms. The zero-order valence-electron chi connectivity index (χ0n) is 11.6. The average Bonchev–Trinajstić information content (AvgIpc) is 2.27. The summed E-state index contributed by atoms with van der Waals surface area (Å²) in [6.07, 6.45) is 0.743. The van der Waals surface area contributed by atoms with Crippen LogP contribution in [-0.2, 0) is 11.2 Å². The minimum absolute atomic E-state index is 0.0509. The molecular weight excluding hydrogens is 228 g/mol. The highest BCUT2D eigenvalue weighted by molar-refractivity contribution is 5.77. The fourth-order valence-corrected chi connectivity index (χ4v) is 1.69. The van der Waals surface area contributed by atoms with E-state index in [9.17, 15) is 4.79 Å². The van der Waals surface area contributed by atoms with Crippen LogP contribution in [0.5, 0.6) is 5.75 Å². The number of carbonyl (C=O) groups is 1. The molecule has 0 saturated heterocycles. The van der Waals surface area contributed by atoms with E-state index in [0.717, 1.165) is 23.3 Å². The van der Waals surface area contributed by atoms with Gasteiger partial charge in [-0.3, -0.25) is 4.79 Å². The molecule has 2 N–H and O–H groups in total. The summed E-state index contributed by atoms with van der Waals surface area (Å²) >= 11 is 0. The van der Waals surface area contributed by atoms with E-state index in [-0.39, 0.29) is 18.6 Å². The maximum atomic E-state index is 11.5. The van der Waals surface area contributed by atoms with Crippen LogP contribution in [0.2, 0.25) is 0 Å². The van der Waals surface area contributed by atoms with Crippen LogP contribution in [0.25, 0.3) is 0 Å². The average molecular weight is 250 g/mol. The molecule has 1 rings (SSSR count). The van der Waals surface area contributed by atoms with Crippen molar-refractivity contribution in [2.75, 3.05) is 20.7 Å². The summed E-state index contributed by atoms with van der Waals surface area (Å²) in [7, 11) is 3.43. The number of nitrogens with two attached hydrogens (primary N) is 1. The number of para-hydroxylation sites is 1. The van der Waals surface area contributed by atoms with Gasteiger partial charge >= 0.3 is 0 Å². The quantitative estimate of drug-likeness (QED) is 0.858. The lowest BCUT2D eigenvalue weighted by Gasteiger charge is -2.16.